The molecule has 0 heterocycles. The molecule has 2 aliphatic rings. The number of aryl methyl sites for hydroxylation is 10. The molecule has 0 fully saturated rings. The van der Waals surface area contributed by atoms with Crippen LogP contribution < -0.4 is 0 Å². The Morgan fingerprint density at radius 2 is 0.929 bits per heavy atom. The molecule has 0 N–H and O–H groups in total. The summed E-state index contributed by atoms with van der Waals surface area (Å²) in [5, 5.41) is 0. The summed E-state index contributed by atoms with van der Waals surface area (Å²) < 4.78 is 0. The number of hydrogen-bond donors (Lipinski definition) is 0. The second kappa shape index (κ2) is 7.24. The highest BCUT2D eigenvalue weighted by Crippen LogP contribution is 2.26. The molecule has 0 unspecified atom stereocenters. The fourth-order valence-corrected chi connectivity index (χ4v) is 4.84. The van der Waals surface area contributed by atoms with Crippen molar-refractivity contribution in [3.05, 3.63) is 104 Å². The maximum absolute atomic E-state index is 2.45. The van der Waals surface area contributed by atoms with E-state index in [0.717, 1.165) is 25.7 Å². The van der Waals surface area contributed by atoms with Gasteiger partial charge in [0.05, 0.1) is 0 Å². The first-order valence-electron chi connectivity index (χ1n) is 11.0. The number of benzene rings is 3. The van der Waals surface area contributed by atoms with Crippen LogP contribution in [-0.4, -0.2) is 0 Å². The van der Waals surface area contributed by atoms with Crippen molar-refractivity contribution in [2.75, 3.05) is 0 Å². The Balaban J connectivity index is 1.25. The van der Waals surface area contributed by atoms with Gasteiger partial charge in [0, 0.05) is 0 Å². The van der Waals surface area contributed by atoms with Gasteiger partial charge in [-0.3, -0.25) is 0 Å². The molecule has 5 rings (SSSR count). The van der Waals surface area contributed by atoms with Crippen LogP contribution in [0.15, 0.2) is 48.5 Å². The Morgan fingerprint density at radius 1 is 0.500 bits per heavy atom. The van der Waals surface area contributed by atoms with E-state index in [0.29, 0.717) is 0 Å². The molecule has 2 aliphatic carbocycles. The molecular weight excluding hydrogens is 336 g/mol. The summed E-state index contributed by atoms with van der Waals surface area (Å²) in [7, 11) is 0. The van der Waals surface area contributed by atoms with Crippen LogP contribution >= 0.6 is 0 Å². The maximum atomic E-state index is 2.45. The van der Waals surface area contributed by atoms with Crippen LogP contribution in [0, 0.1) is 13.8 Å². The maximum Gasteiger partial charge on any atom is -0.0235 e. The minimum Gasteiger partial charge on any atom is -0.0587 e. The first kappa shape index (κ1) is 17.7. The van der Waals surface area contributed by atoms with Crippen LogP contribution in [0.2, 0.25) is 0 Å². The Morgan fingerprint density at radius 3 is 1.29 bits per heavy atom. The van der Waals surface area contributed by atoms with Crippen LogP contribution in [0.5, 0.6) is 0 Å². The molecular formula is C28H30. The molecule has 0 heteroatoms. The van der Waals surface area contributed by atoms with Crippen molar-refractivity contribution in [3.63, 3.8) is 0 Å². The molecule has 3 aromatic carbocycles. The molecule has 142 valence electrons. The Labute approximate surface area is 169 Å². The molecule has 3 aromatic rings. The third-order valence-corrected chi connectivity index (χ3v) is 7.03. The molecule has 0 spiro atoms. The van der Waals surface area contributed by atoms with Crippen molar-refractivity contribution in [1.82, 2.24) is 0 Å². The predicted molar refractivity (Wildman–Crippen MR) is 118 cm³/mol. The fourth-order valence-electron chi connectivity index (χ4n) is 4.84. The monoisotopic (exact) mass is 366 g/mol. The van der Waals surface area contributed by atoms with Crippen LogP contribution in [-0.2, 0) is 51.4 Å². The van der Waals surface area contributed by atoms with Crippen LogP contribution in [0.4, 0.5) is 0 Å². The average molecular weight is 367 g/mol. The van der Waals surface area contributed by atoms with Crippen LogP contribution in [0.3, 0.4) is 0 Å². The predicted octanol–water partition coefficient (Wildman–Crippen LogP) is 6.07. The molecule has 0 aliphatic heterocycles. The smallest absolute Gasteiger partial charge is 0.0235 e. The Hall–Kier alpha value is -2.34. The first-order valence-corrected chi connectivity index (χ1v) is 11.0. The van der Waals surface area contributed by atoms with Gasteiger partial charge < -0.3 is 0 Å². The number of rotatable bonds is 6. The van der Waals surface area contributed by atoms with Crippen LogP contribution in [0.1, 0.15) is 55.6 Å². The standard InChI is InChI=1S/C28H30/c1-19-15-26(10-6-22-4-8-24-12-14-28(24)18-22)20(2)16-25(19)9-5-21-3-7-23-11-13-27(23)17-21/h3-4,7-8,15-18H,5-6,9-14H2,1-2H3. The van der Waals surface area contributed by atoms with Gasteiger partial charge in [-0.1, -0.05) is 48.5 Å². The summed E-state index contributed by atoms with van der Waals surface area (Å²) in [6.45, 7) is 4.59. The lowest BCUT2D eigenvalue weighted by molar-refractivity contribution is 0.826. The molecule has 0 radical (unpaired) electrons. The molecule has 0 saturated heterocycles. The van der Waals surface area contributed by atoms with Gasteiger partial charge in [-0.25, -0.2) is 0 Å². The van der Waals surface area contributed by atoms with Crippen molar-refractivity contribution < 1.29 is 0 Å². The molecule has 0 aromatic heterocycles. The molecule has 0 saturated carbocycles. The van der Waals surface area contributed by atoms with Gasteiger partial charge in [-0.15, -0.1) is 0 Å². The third kappa shape index (κ3) is 3.41. The van der Waals surface area contributed by atoms with Gasteiger partial charge in [-0.05, 0) is 121 Å². The van der Waals surface area contributed by atoms with E-state index in [1.807, 2.05) is 0 Å². The van der Waals surface area contributed by atoms with E-state index < -0.39 is 0 Å². The van der Waals surface area contributed by atoms with Crippen LogP contribution in [0.25, 0.3) is 0 Å². The highest BCUT2D eigenvalue weighted by molar-refractivity contribution is 5.42. The van der Waals surface area contributed by atoms with Gasteiger partial charge in [0.15, 0.2) is 0 Å². The van der Waals surface area contributed by atoms with Crippen molar-refractivity contribution in [2.45, 2.75) is 65.2 Å². The van der Waals surface area contributed by atoms with Gasteiger partial charge >= 0.3 is 0 Å². The topological polar surface area (TPSA) is 0 Å². The molecule has 0 atom stereocenters. The van der Waals surface area contributed by atoms with E-state index in [2.05, 4.69) is 62.4 Å². The van der Waals surface area contributed by atoms with E-state index >= 15 is 0 Å². The van der Waals surface area contributed by atoms with Crippen molar-refractivity contribution in [3.8, 4) is 0 Å². The largest absolute Gasteiger partial charge is 0.0587 e. The summed E-state index contributed by atoms with van der Waals surface area (Å²) in [5.74, 6) is 0. The van der Waals surface area contributed by atoms with E-state index in [-0.39, 0.29) is 0 Å². The lowest BCUT2D eigenvalue weighted by atomic mass is 9.85. The molecule has 0 amide bonds. The zero-order valence-corrected chi connectivity index (χ0v) is 17.3. The minimum absolute atomic E-state index is 1.15. The lowest BCUT2D eigenvalue weighted by Crippen LogP contribution is -2.09. The lowest BCUT2D eigenvalue weighted by Gasteiger charge is -2.20. The van der Waals surface area contributed by atoms with Gasteiger partial charge in [0.2, 0.25) is 0 Å². The van der Waals surface area contributed by atoms with Gasteiger partial charge in [0.25, 0.3) is 0 Å². The quantitative estimate of drug-likeness (QED) is 0.496. The highest BCUT2D eigenvalue weighted by atomic mass is 14.2. The zero-order chi connectivity index (χ0) is 19.1. The second-order valence-corrected chi connectivity index (χ2v) is 8.91. The summed E-state index contributed by atoms with van der Waals surface area (Å²) in [4.78, 5) is 0. The normalized spacial score (nSPS) is 14.1. The summed E-state index contributed by atoms with van der Waals surface area (Å²) >= 11 is 0. The zero-order valence-electron chi connectivity index (χ0n) is 17.3. The van der Waals surface area contributed by atoms with Crippen molar-refractivity contribution in [2.24, 2.45) is 0 Å². The van der Waals surface area contributed by atoms with E-state index in [1.54, 1.807) is 22.3 Å². The first-order chi connectivity index (χ1) is 13.7. The molecule has 28 heavy (non-hydrogen) atoms. The summed E-state index contributed by atoms with van der Waals surface area (Å²) in [6, 6.07) is 19.1. The van der Waals surface area contributed by atoms with E-state index in [1.165, 1.54) is 59.1 Å². The van der Waals surface area contributed by atoms with Crippen molar-refractivity contribution in [1.29, 1.82) is 0 Å². The summed E-state index contributed by atoms with van der Waals surface area (Å²) in [6.07, 6.45) is 9.72. The van der Waals surface area contributed by atoms with E-state index in [4.69, 9.17) is 0 Å². The Bertz CT molecular complexity index is 953. The molecule has 0 nitrogen and oxygen atoms in total. The number of fused-ring (bicyclic) bond motifs is 2. The SMILES string of the molecule is Cc1cc(CCc2ccc3c(c2)CC3)c(C)cc1CCc1ccc2c(c1)CC2. The molecule has 0 bridgehead atoms. The number of hydrogen-bond acceptors (Lipinski definition) is 0. The summed E-state index contributed by atoms with van der Waals surface area (Å²) in [5.41, 5.74) is 15.2. The minimum atomic E-state index is 1.15. The van der Waals surface area contributed by atoms with Gasteiger partial charge in [0.1, 0.15) is 0 Å². The second-order valence-electron chi connectivity index (χ2n) is 8.91. The Kier molecular flexibility index (Phi) is 4.59. The average Bonchev–Trinajstić information content (AvgIpc) is 2.64. The van der Waals surface area contributed by atoms with E-state index in [9.17, 15) is 0 Å². The highest BCUT2D eigenvalue weighted by Gasteiger charge is 2.14. The van der Waals surface area contributed by atoms with Crippen molar-refractivity contribution >= 4 is 0 Å². The fraction of sp³-hybridized carbons (Fsp3) is 0.357. The van der Waals surface area contributed by atoms with Gasteiger partial charge in [-0.2, -0.15) is 0 Å². The third-order valence-electron chi connectivity index (χ3n) is 7.03.